The van der Waals surface area contributed by atoms with Crippen molar-refractivity contribution in [3.63, 3.8) is 0 Å². The second kappa shape index (κ2) is 10.2. The van der Waals surface area contributed by atoms with Crippen LogP contribution >= 0.6 is 55.1 Å². The normalized spacial score (nSPS) is 10.8. The van der Waals surface area contributed by atoms with Crippen molar-refractivity contribution in [3.8, 4) is 5.75 Å². The maximum Gasteiger partial charge on any atom is 0.343 e. The van der Waals surface area contributed by atoms with Crippen LogP contribution in [0.3, 0.4) is 0 Å². The van der Waals surface area contributed by atoms with E-state index in [0.717, 1.165) is 4.47 Å². The molecule has 0 aliphatic rings. The largest absolute Gasteiger partial charge is 0.421 e. The lowest BCUT2D eigenvalue weighted by molar-refractivity contribution is 0.0733. The Morgan fingerprint density at radius 1 is 1.00 bits per heavy atom. The van der Waals surface area contributed by atoms with Gasteiger partial charge in [0.1, 0.15) is 0 Å². The van der Waals surface area contributed by atoms with Gasteiger partial charge in [0.05, 0.1) is 26.8 Å². The van der Waals surface area contributed by atoms with Gasteiger partial charge >= 0.3 is 5.97 Å². The Labute approximate surface area is 199 Å². The third-order valence-corrected chi connectivity index (χ3v) is 5.38. The molecule has 0 saturated carbocycles. The predicted octanol–water partition coefficient (Wildman–Crippen LogP) is 6.50. The van der Waals surface area contributed by atoms with E-state index in [1.807, 2.05) is 0 Å². The Hall–Kier alpha value is -2.19. The number of nitrogens with zero attached hydrogens (tertiary/aromatic N) is 1. The summed E-state index contributed by atoms with van der Waals surface area (Å²) in [7, 11) is 0. The lowest BCUT2D eigenvalue weighted by Gasteiger charge is -2.10. The number of amides is 1. The van der Waals surface area contributed by atoms with Crippen LogP contribution < -0.4 is 10.2 Å². The van der Waals surface area contributed by atoms with Gasteiger partial charge in [0.25, 0.3) is 5.91 Å². The number of hydrogen-bond donors (Lipinski definition) is 1. The van der Waals surface area contributed by atoms with Crippen LogP contribution in [0.1, 0.15) is 26.3 Å². The minimum absolute atomic E-state index is 0.206. The first-order valence-electron chi connectivity index (χ1n) is 8.40. The van der Waals surface area contributed by atoms with Crippen molar-refractivity contribution in [2.75, 3.05) is 0 Å². The minimum atomic E-state index is -0.523. The molecule has 3 rings (SSSR count). The summed E-state index contributed by atoms with van der Waals surface area (Å²) in [6.45, 7) is 0. The second-order valence-electron chi connectivity index (χ2n) is 5.88. The number of carbonyl (C=O) groups excluding carboxylic acids is 2. The van der Waals surface area contributed by atoms with E-state index in [4.69, 9.17) is 27.9 Å². The van der Waals surface area contributed by atoms with Gasteiger partial charge in [-0.1, -0.05) is 57.3 Å². The highest BCUT2D eigenvalue weighted by atomic mass is 79.9. The highest BCUT2D eigenvalue weighted by Gasteiger charge is 2.15. The van der Waals surface area contributed by atoms with Gasteiger partial charge in [-0.2, -0.15) is 5.10 Å². The molecule has 3 aromatic rings. The van der Waals surface area contributed by atoms with E-state index in [2.05, 4.69) is 42.4 Å². The molecule has 0 aliphatic carbocycles. The highest BCUT2D eigenvalue weighted by molar-refractivity contribution is 9.11. The summed E-state index contributed by atoms with van der Waals surface area (Å²) >= 11 is 18.6. The molecule has 1 N–H and O–H groups in total. The van der Waals surface area contributed by atoms with Crippen molar-refractivity contribution < 1.29 is 14.3 Å². The number of rotatable bonds is 5. The van der Waals surface area contributed by atoms with Gasteiger partial charge in [0.15, 0.2) is 5.75 Å². The summed E-state index contributed by atoms with van der Waals surface area (Å²) in [5.74, 6) is -0.773. The van der Waals surface area contributed by atoms with Crippen molar-refractivity contribution in [1.29, 1.82) is 0 Å². The SMILES string of the molecule is O=C(Oc1c(Br)cc(Br)cc1/C=N\NC(=O)c1ccc(Cl)cc1Cl)c1ccccc1. The summed E-state index contributed by atoms with van der Waals surface area (Å²) in [6.07, 6.45) is 1.37. The molecule has 0 fully saturated rings. The van der Waals surface area contributed by atoms with Crippen LogP contribution in [0.25, 0.3) is 0 Å². The number of ether oxygens (including phenoxy) is 1. The molecule has 5 nitrogen and oxygen atoms in total. The fourth-order valence-corrected chi connectivity index (χ4v) is 4.24. The third kappa shape index (κ3) is 5.70. The molecular weight excluding hydrogens is 559 g/mol. The number of esters is 1. The first kappa shape index (κ1) is 22.5. The molecule has 30 heavy (non-hydrogen) atoms. The van der Waals surface area contributed by atoms with Gasteiger partial charge in [-0.15, -0.1) is 0 Å². The quantitative estimate of drug-likeness (QED) is 0.165. The number of hydrazone groups is 1. The highest BCUT2D eigenvalue weighted by Crippen LogP contribution is 2.32. The predicted molar refractivity (Wildman–Crippen MR) is 125 cm³/mol. The van der Waals surface area contributed by atoms with E-state index in [9.17, 15) is 9.59 Å². The maximum atomic E-state index is 12.4. The van der Waals surface area contributed by atoms with Crippen molar-refractivity contribution in [2.45, 2.75) is 0 Å². The van der Waals surface area contributed by atoms with Crippen molar-refractivity contribution in [3.05, 3.63) is 96.3 Å². The molecule has 0 atom stereocenters. The lowest BCUT2D eigenvalue weighted by atomic mass is 10.2. The zero-order valence-electron chi connectivity index (χ0n) is 15.0. The van der Waals surface area contributed by atoms with Gasteiger partial charge in [-0.05, 0) is 58.4 Å². The van der Waals surface area contributed by atoms with E-state index >= 15 is 0 Å². The monoisotopic (exact) mass is 568 g/mol. The standard InChI is InChI=1S/C21H12Br2Cl2N2O3/c22-14-8-13(11-26-27-20(28)16-7-6-15(24)10-18(16)25)19(17(23)9-14)30-21(29)12-4-2-1-3-5-12/h1-11H,(H,27,28)/b26-11-. The summed E-state index contributed by atoms with van der Waals surface area (Å²) in [5.41, 5.74) is 3.48. The number of hydrogen-bond acceptors (Lipinski definition) is 4. The summed E-state index contributed by atoms with van der Waals surface area (Å²) in [4.78, 5) is 24.7. The Morgan fingerprint density at radius 2 is 1.73 bits per heavy atom. The third-order valence-electron chi connectivity index (χ3n) is 3.79. The number of carbonyl (C=O) groups is 2. The molecule has 0 aromatic heterocycles. The van der Waals surface area contributed by atoms with Crippen LogP contribution in [0.4, 0.5) is 0 Å². The van der Waals surface area contributed by atoms with Crippen LogP contribution in [0, 0.1) is 0 Å². The molecule has 0 spiro atoms. The average Bonchev–Trinajstić information content (AvgIpc) is 2.70. The fourth-order valence-electron chi connectivity index (χ4n) is 2.40. The van der Waals surface area contributed by atoms with Crippen LogP contribution in [0.2, 0.25) is 10.0 Å². The zero-order valence-corrected chi connectivity index (χ0v) is 19.7. The molecule has 0 unspecified atom stereocenters. The van der Waals surface area contributed by atoms with Crippen LogP contribution in [-0.2, 0) is 0 Å². The Kier molecular flexibility index (Phi) is 7.66. The summed E-state index contributed by atoms with van der Waals surface area (Å²) < 4.78 is 6.81. The molecule has 0 heterocycles. The summed E-state index contributed by atoms with van der Waals surface area (Å²) in [5, 5.41) is 4.58. The molecule has 0 bridgehead atoms. The number of halogens is 4. The van der Waals surface area contributed by atoms with Crippen LogP contribution in [0.15, 0.2) is 74.7 Å². The Bertz CT molecular complexity index is 1140. The topological polar surface area (TPSA) is 67.8 Å². The molecule has 9 heteroatoms. The van der Waals surface area contributed by atoms with Gasteiger partial charge in [-0.25, -0.2) is 10.2 Å². The first-order chi connectivity index (χ1) is 14.3. The van der Waals surface area contributed by atoms with Gasteiger partial charge in [-0.3, -0.25) is 4.79 Å². The van der Waals surface area contributed by atoms with Gasteiger partial charge in [0, 0.05) is 15.1 Å². The minimum Gasteiger partial charge on any atom is -0.421 e. The van der Waals surface area contributed by atoms with E-state index in [0.29, 0.717) is 20.6 Å². The van der Waals surface area contributed by atoms with Crippen molar-refractivity contribution in [2.24, 2.45) is 5.10 Å². The van der Waals surface area contributed by atoms with Crippen molar-refractivity contribution in [1.82, 2.24) is 5.43 Å². The van der Waals surface area contributed by atoms with Crippen LogP contribution in [-0.4, -0.2) is 18.1 Å². The molecule has 152 valence electrons. The van der Waals surface area contributed by atoms with E-state index < -0.39 is 11.9 Å². The van der Waals surface area contributed by atoms with E-state index in [1.165, 1.54) is 18.3 Å². The van der Waals surface area contributed by atoms with E-state index in [1.54, 1.807) is 48.5 Å². The molecule has 0 saturated heterocycles. The van der Waals surface area contributed by atoms with Gasteiger partial charge in [0.2, 0.25) is 0 Å². The molecule has 0 radical (unpaired) electrons. The van der Waals surface area contributed by atoms with Crippen LogP contribution in [0.5, 0.6) is 5.75 Å². The van der Waals surface area contributed by atoms with E-state index in [-0.39, 0.29) is 16.3 Å². The van der Waals surface area contributed by atoms with Gasteiger partial charge < -0.3 is 4.74 Å². The molecule has 0 aliphatic heterocycles. The Balaban J connectivity index is 1.81. The maximum absolute atomic E-state index is 12.4. The Morgan fingerprint density at radius 3 is 2.43 bits per heavy atom. The number of benzene rings is 3. The first-order valence-corrected chi connectivity index (χ1v) is 10.7. The smallest absolute Gasteiger partial charge is 0.343 e. The zero-order chi connectivity index (χ0) is 21.7. The second-order valence-corrected chi connectivity index (χ2v) is 8.50. The lowest BCUT2D eigenvalue weighted by Crippen LogP contribution is -2.18. The van der Waals surface area contributed by atoms with Crippen molar-refractivity contribution >= 4 is 73.2 Å². The fraction of sp³-hybridized carbons (Fsp3) is 0. The molecule has 3 aromatic carbocycles. The average molecular weight is 571 g/mol. The molecule has 1 amide bonds. The number of nitrogens with one attached hydrogen (secondary N) is 1. The molecular formula is C21H12Br2Cl2N2O3. The summed E-state index contributed by atoms with van der Waals surface area (Å²) in [6, 6.07) is 16.5.